The van der Waals surface area contributed by atoms with Crippen molar-refractivity contribution < 1.29 is 30.2 Å². The first-order valence-electron chi connectivity index (χ1n) is 3.53. The Morgan fingerprint density at radius 3 is 1.75 bits per heavy atom. The van der Waals surface area contributed by atoms with Gasteiger partial charge in [-0.2, -0.15) is 0 Å². The molecule has 1 aliphatic heterocycles. The topological polar surface area (TPSA) is 99.4 Å². The van der Waals surface area contributed by atoms with E-state index in [0.717, 1.165) is 0 Å². The Labute approximate surface area is 69.9 Å². The molecule has 4 N–H and O–H groups in total. The summed E-state index contributed by atoms with van der Waals surface area (Å²) in [5.74, 6) is 0. The molecule has 0 aromatic heterocycles. The van der Waals surface area contributed by atoms with Gasteiger partial charge in [-0.05, 0) is 0 Å². The van der Waals surface area contributed by atoms with Crippen LogP contribution in [-0.2, 0) is 9.78 Å². The molecule has 1 saturated heterocycles. The van der Waals surface area contributed by atoms with E-state index in [1.807, 2.05) is 0 Å². The van der Waals surface area contributed by atoms with Gasteiger partial charge in [0.05, 0.1) is 19.8 Å². The van der Waals surface area contributed by atoms with E-state index < -0.39 is 6.10 Å². The Bertz CT molecular complexity index is 81.3. The lowest BCUT2D eigenvalue weighted by Crippen LogP contribution is -2.33. The average Bonchev–Trinajstić information content (AvgIpc) is 2.02. The summed E-state index contributed by atoms with van der Waals surface area (Å²) in [4.78, 5) is 8.60. The van der Waals surface area contributed by atoms with Crippen molar-refractivity contribution in [3.63, 3.8) is 0 Å². The molecule has 0 radical (unpaired) electrons. The van der Waals surface area contributed by atoms with Crippen molar-refractivity contribution in [3.05, 3.63) is 0 Å². The van der Waals surface area contributed by atoms with E-state index in [9.17, 15) is 0 Å². The van der Waals surface area contributed by atoms with Gasteiger partial charge in [0.25, 0.3) is 0 Å². The van der Waals surface area contributed by atoms with Gasteiger partial charge in [0.1, 0.15) is 18.8 Å². The highest BCUT2D eigenvalue weighted by atomic mass is 17.2. The Morgan fingerprint density at radius 1 is 1.25 bits per heavy atom. The van der Waals surface area contributed by atoms with Crippen LogP contribution < -0.4 is 0 Å². The molecule has 0 aromatic carbocycles. The van der Waals surface area contributed by atoms with Gasteiger partial charge in [-0.1, -0.05) is 0 Å². The molecule has 6 nitrogen and oxygen atoms in total. The second-order valence-electron chi connectivity index (χ2n) is 2.20. The van der Waals surface area contributed by atoms with Gasteiger partial charge in [0.2, 0.25) is 0 Å². The number of rotatable bonds is 3. The van der Waals surface area contributed by atoms with E-state index in [-0.39, 0.29) is 25.9 Å². The highest BCUT2D eigenvalue weighted by Gasteiger charge is 2.17. The van der Waals surface area contributed by atoms with Gasteiger partial charge in [-0.25, -0.2) is 9.78 Å². The molecular formula is C6H14O6. The maximum Gasteiger partial charge on any atom is 0.142 e. The molecule has 0 bridgehead atoms. The quantitative estimate of drug-likeness (QED) is 0.364. The summed E-state index contributed by atoms with van der Waals surface area (Å²) in [5.41, 5.74) is 0. The minimum Gasteiger partial charge on any atom is -0.394 e. The minimum absolute atomic E-state index is 0.0509. The van der Waals surface area contributed by atoms with Gasteiger partial charge in [-0.15, -0.1) is 0 Å². The van der Waals surface area contributed by atoms with Crippen LogP contribution in [-0.4, -0.2) is 59.1 Å². The smallest absolute Gasteiger partial charge is 0.142 e. The van der Waals surface area contributed by atoms with E-state index >= 15 is 0 Å². The maximum atomic E-state index is 8.18. The fourth-order valence-corrected chi connectivity index (χ4v) is 0.305. The number of aliphatic hydroxyl groups is 4. The number of hydrogen-bond acceptors (Lipinski definition) is 6. The molecule has 0 amide bonds. The standard InChI is InChI=1S/C3H6O3.C3H8O3/c4-1-3-2-5-6-3;4-1-3(6)2-5/h3-4H,1-2H2;3-6H,1-2H2. The molecule has 6 heteroatoms. The Morgan fingerprint density at radius 2 is 1.75 bits per heavy atom. The van der Waals surface area contributed by atoms with E-state index in [1.165, 1.54) is 0 Å². The lowest BCUT2D eigenvalue weighted by molar-refractivity contribution is -0.428. The average molecular weight is 182 g/mol. The molecule has 1 heterocycles. The van der Waals surface area contributed by atoms with E-state index in [4.69, 9.17) is 20.4 Å². The molecule has 12 heavy (non-hydrogen) atoms. The van der Waals surface area contributed by atoms with Crippen molar-refractivity contribution in [3.8, 4) is 0 Å². The first-order chi connectivity index (χ1) is 5.74. The van der Waals surface area contributed by atoms with Crippen LogP contribution in [0.1, 0.15) is 0 Å². The van der Waals surface area contributed by atoms with Gasteiger partial charge < -0.3 is 20.4 Å². The van der Waals surface area contributed by atoms with E-state index in [2.05, 4.69) is 9.78 Å². The molecule has 1 atom stereocenters. The zero-order chi connectivity index (χ0) is 9.40. The SMILES string of the molecule is OCC(O)CO.OCC1COO1. The Hall–Kier alpha value is -0.240. The largest absolute Gasteiger partial charge is 0.394 e. The lowest BCUT2D eigenvalue weighted by Gasteiger charge is -2.21. The zero-order valence-electron chi connectivity index (χ0n) is 6.59. The molecule has 1 rings (SSSR count). The van der Waals surface area contributed by atoms with Crippen molar-refractivity contribution in [1.29, 1.82) is 0 Å². The highest BCUT2D eigenvalue weighted by Crippen LogP contribution is 2.02. The molecule has 1 unspecified atom stereocenters. The molecular weight excluding hydrogens is 168 g/mol. The fraction of sp³-hybridized carbons (Fsp3) is 1.00. The van der Waals surface area contributed by atoms with Gasteiger partial charge in [-0.3, -0.25) is 0 Å². The summed E-state index contributed by atoms with van der Waals surface area (Å²) in [6.07, 6.45) is -1.00. The van der Waals surface area contributed by atoms with Gasteiger partial charge in [0, 0.05) is 0 Å². The zero-order valence-corrected chi connectivity index (χ0v) is 6.59. The third kappa shape index (κ3) is 5.42. The molecule has 0 saturated carbocycles. The van der Waals surface area contributed by atoms with Crippen molar-refractivity contribution in [1.82, 2.24) is 0 Å². The van der Waals surface area contributed by atoms with Crippen LogP contribution in [0.15, 0.2) is 0 Å². The Kier molecular flexibility index (Phi) is 7.26. The van der Waals surface area contributed by atoms with Crippen LogP contribution in [0.5, 0.6) is 0 Å². The van der Waals surface area contributed by atoms with Crippen LogP contribution in [0.2, 0.25) is 0 Å². The highest BCUT2D eigenvalue weighted by molar-refractivity contribution is 4.53. The predicted octanol–water partition coefficient (Wildman–Crippen LogP) is -2.36. The number of aliphatic hydroxyl groups excluding tert-OH is 4. The minimum atomic E-state index is -0.954. The van der Waals surface area contributed by atoms with Crippen molar-refractivity contribution >= 4 is 0 Å². The second-order valence-corrected chi connectivity index (χ2v) is 2.20. The van der Waals surface area contributed by atoms with Gasteiger partial charge >= 0.3 is 0 Å². The molecule has 0 spiro atoms. The summed E-state index contributed by atoms with van der Waals surface area (Å²) >= 11 is 0. The van der Waals surface area contributed by atoms with Crippen molar-refractivity contribution in [2.24, 2.45) is 0 Å². The van der Waals surface area contributed by atoms with Crippen LogP contribution >= 0.6 is 0 Å². The van der Waals surface area contributed by atoms with Crippen LogP contribution in [0.4, 0.5) is 0 Å². The maximum absolute atomic E-state index is 8.18. The molecule has 1 fully saturated rings. The fourth-order valence-electron chi connectivity index (χ4n) is 0.305. The molecule has 0 aliphatic carbocycles. The summed E-state index contributed by atoms with van der Waals surface area (Å²) in [7, 11) is 0. The first kappa shape index (κ1) is 11.8. The summed E-state index contributed by atoms with van der Waals surface area (Å²) in [6.45, 7) is -0.122. The third-order valence-electron chi connectivity index (χ3n) is 1.08. The van der Waals surface area contributed by atoms with Crippen molar-refractivity contribution in [2.45, 2.75) is 12.2 Å². The van der Waals surface area contributed by atoms with Crippen molar-refractivity contribution in [2.75, 3.05) is 26.4 Å². The molecule has 0 aromatic rings. The van der Waals surface area contributed by atoms with Crippen LogP contribution in [0, 0.1) is 0 Å². The summed E-state index contributed by atoms with van der Waals surface area (Å²) in [5, 5.41) is 32.2. The lowest BCUT2D eigenvalue weighted by atomic mass is 10.4. The first-order valence-corrected chi connectivity index (χ1v) is 3.53. The third-order valence-corrected chi connectivity index (χ3v) is 1.08. The molecule has 74 valence electrons. The van der Waals surface area contributed by atoms with Crippen LogP contribution in [0.3, 0.4) is 0 Å². The van der Waals surface area contributed by atoms with E-state index in [0.29, 0.717) is 6.61 Å². The summed E-state index contributed by atoms with van der Waals surface area (Å²) < 4.78 is 0. The number of hydrogen-bond donors (Lipinski definition) is 4. The molecule has 1 aliphatic rings. The monoisotopic (exact) mass is 182 g/mol. The second kappa shape index (κ2) is 7.41. The Balaban J connectivity index is 0.000000202. The van der Waals surface area contributed by atoms with Crippen LogP contribution in [0.25, 0.3) is 0 Å². The van der Waals surface area contributed by atoms with E-state index in [1.54, 1.807) is 0 Å². The predicted molar refractivity (Wildman–Crippen MR) is 38.1 cm³/mol. The summed E-state index contributed by atoms with van der Waals surface area (Å²) in [6, 6.07) is 0. The normalized spacial score (nSPS) is 21.2. The van der Waals surface area contributed by atoms with Gasteiger partial charge in [0.15, 0.2) is 0 Å².